The maximum Gasteiger partial charge on any atom is 0.222 e. The van der Waals surface area contributed by atoms with Crippen LogP contribution in [0.2, 0.25) is 4.34 Å². The van der Waals surface area contributed by atoms with Crippen molar-refractivity contribution in [2.45, 2.75) is 39.7 Å². The fraction of sp³-hybridized carbons (Fsp3) is 0.727. The Hall–Kier alpha value is -0.680. The Kier molecular flexibility index (Phi) is 3.68. The zero-order valence-corrected chi connectivity index (χ0v) is 11.6. The second kappa shape index (κ2) is 4.90. The predicted molar refractivity (Wildman–Crippen MR) is 68.0 cm³/mol. The highest BCUT2D eigenvalue weighted by molar-refractivity contribution is 7.10. The zero-order valence-electron chi connectivity index (χ0n) is 10.1. The molecule has 1 aromatic rings. The van der Waals surface area contributed by atoms with E-state index < -0.39 is 0 Å². The molecule has 0 bridgehead atoms. The third-order valence-electron chi connectivity index (χ3n) is 3.28. The average Bonchev–Trinajstić information content (AvgIpc) is 2.61. The van der Waals surface area contributed by atoms with Crippen LogP contribution in [-0.2, 0) is 11.3 Å². The van der Waals surface area contributed by atoms with Gasteiger partial charge in [-0.2, -0.15) is 0 Å². The Morgan fingerprint density at radius 2 is 2.24 bits per heavy atom. The summed E-state index contributed by atoms with van der Waals surface area (Å²) in [5.74, 6) is 0.194. The van der Waals surface area contributed by atoms with E-state index in [0.717, 1.165) is 19.4 Å². The summed E-state index contributed by atoms with van der Waals surface area (Å²) in [5, 5.41) is 3.95. The van der Waals surface area contributed by atoms with Crippen LogP contribution in [0.4, 0.5) is 0 Å². The molecule has 4 nitrogen and oxygen atoms in total. The van der Waals surface area contributed by atoms with Gasteiger partial charge in [0.2, 0.25) is 5.91 Å². The van der Waals surface area contributed by atoms with Gasteiger partial charge in [-0.25, -0.2) is 0 Å². The lowest BCUT2D eigenvalue weighted by Gasteiger charge is -2.22. The van der Waals surface area contributed by atoms with Gasteiger partial charge >= 0.3 is 0 Å². The lowest BCUT2D eigenvalue weighted by Crippen LogP contribution is -2.30. The Balaban J connectivity index is 2.06. The third-order valence-corrected chi connectivity index (χ3v) is 4.26. The minimum Gasteiger partial charge on any atom is -0.337 e. The van der Waals surface area contributed by atoms with Gasteiger partial charge in [-0.3, -0.25) is 4.79 Å². The van der Waals surface area contributed by atoms with Crippen LogP contribution in [0.5, 0.6) is 0 Å². The van der Waals surface area contributed by atoms with Gasteiger partial charge in [-0.05, 0) is 18.3 Å². The summed E-state index contributed by atoms with van der Waals surface area (Å²) >= 11 is 7.12. The van der Waals surface area contributed by atoms with Crippen molar-refractivity contribution >= 4 is 29.0 Å². The van der Waals surface area contributed by atoms with Crippen LogP contribution in [-0.4, -0.2) is 26.9 Å². The molecule has 1 saturated heterocycles. The van der Waals surface area contributed by atoms with E-state index >= 15 is 0 Å². The summed E-state index contributed by atoms with van der Waals surface area (Å²) in [7, 11) is 0. The molecule has 1 aliphatic heterocycles. The molecular formula is C11H16ClN3OS. The number of likely N-dealkylation sites (tertiary alicyclic amines) is 1. The number of carbonyl (C=O) groups is 1. The molecule has 0 spiro atoms. The maximum absolute atomic E-state index is 12.0. The van der Waals surface area contributed by atoms with Crippen molar-refractivity contribution in [3.05, 3.63) is 10.0 Å². The summed E-state index contributed by atoms with van der Waals surface area (Å²) in [6, 6.07) is 0. The Bertz CT molecular complexity index is 419. The fourth-order valence-corrected chi connectivity index (χ4v) is 2.54. The number of rotatable bonds is 2. The number of amides is 1. The molecule has 94 valence electrons. The molecule has 0 unspecified atom stereocenters. The third kappa shape index (κ3) is 3.16. The van der Waals surface area contributed by atoms with Gasteiger partial charge in [-0.15, -0.1) is 5.10 Å². The smallest absolute Gasteiger partial charge is 0.222 e. The van der Waals surface area contributed by atoms with Gasteiger partial charge in [0.1, 0.15) is 10.0 Å². The number of nitrogens with zero attached hydrogens (tertiary/aromatic N) is 3. The van der Waals surface area contributed by atoms with Crippen molar-refractivity contribution in [2.24, 2.45) is 5.41 Å². The molecule has 0 N–H and O–H groups in total. The van der Waals surface area contributed by atoms with Gasteiger partial charge in [-0.1, -0.05) is 29.9 Å². The fourth-order valence-electron chi connectivity index (χ4n) is 1.93. The second-order valence-electron chi connectivity index (χ2n) is 5.22. The minimum absolute atomic E-state index is 0.194. The molecule has 0 aliphatic carbocycles. The molecule has 0 radical (unpaired) electrons. The van der Waals surface area contributed by atoms with E-state index in [9.17, 15) is 4.79 Å². The van der Waals surface area contributed by atoms with Crippen LogP contribution >= 0.6 is 23.1 Å². The summed E-state index contributed by atoms with van der Waals surface area (Å²) in [4.78, 5) is 13.8. The van der Waals surface area contributed by atoms with E-state index in [4.69, 9.17) is 11.6 Å². The van der Waals surface area contributed by atoms with E-state index in [-0.39, 0.29) is 11.3 Å². The van der Waals surface area contributed by atoms with Crippen LogP contribution in [0.25, 0.3) is 0 Å². The first-order chi connectivity index (χ1) is 7.98. The molecule has 0 saturated carbocycles. The van der Waals surface area contributed by atoms with E-state index in [1.165, 1.54) is 11.5 Å². The molecular weight excluding hydrogens is 258 g/mol. The van der Waals surface area contributed by atoms with E-state index in [1.54, 1.807) is 0 Å². The molecule has 0 aromatic carbocycles. The van der Waals surface area contributed by atoms with Gasteiger partial charge in [0, 0.05) is 24.5 Å². The van der Waals surface area contributed by atoms with Crippen LogP contribution in [0.15, 0.2) is 0 Å². The van der Waals surface area contributed by atoms with Crippen molar-refractivity contribution in [2.75, 3.05) is 6.54 Å². The van der Waals surface area contributed by atoms with E-state index in [1.807, 2.05) is 4.90 Å². The molecule has 1 aromatic heterocycles. The maximum atomic E-state index is 12.0. The van der Waals surface area contributed by atoms with E-state index in [2.05, 4.69) is 23.4 Å². The monoisotopic (exact) mass is 273 g/mol. The average molecular weight is 274 g/mol. The lowest BCUT2D eigenvalue weighted by atomic mass is 9.85. The number of halogens is 1. The highest BCUT2D eigenvalue weighted by Crippen LogP contribution is 2.31. The summed E-state index contributed by atoms with van der Waals surface area (Å²) in [6.45, 7) is 5.69. The van der Waals surface area contributed by atoms with Crippen LogP contribution in [0.1, 0.15) is 38.8 Å². The first-order valence-corrected chi connectivity index (χ1v) is 6.88. The normalized spacial score (nSPS) is 20.4. The van der Waals surface area contributed by atoms with Gasteiger partial charge in [0.15, 0.2) is 0 Å². The van der Waals surface area contributed by atoms with Crippen molar-refractivity contribution in [3.63, 3.8) is 0 Å². The number of hydrogen-bond donors (Lipinski definition) is 0. The first-order valence-electron chi connectivity index (χ1n) is 5.72. The second-order valence-corrected chi connectivity index (χ2v) is 6.58. The minimum atomic E-state index is 0.194. The molecule has 6 heteroatoms. The molecule has 1 amide bonds. The molecule has 1 aliphatic rings. The lowest BCUT2D eigenvalue weighted by molar-refractivity contribution is -0.131. The van der Waals surface area contributed by atoms with Gasteiger partial charge < -0.3 is 4.90 Å². The summed E-state index contributed by atoms with van der Waals surface area (Å²) < 4.78 is 4.37. The predicted octanol–water partition coefficient (Wildman–Crippen LogP) is 2.73. The molecule has 1 fully saturated rings. The van der Waals surface area contributed by atoms with Gasteiger partial charge in [0.25, 0.3) is 0 Å². The van der Waals surface area contributed by atoms with Crippen LogP contribution in [0, 0.1) is 5.41 Å². The largest absolute Gasteiger partial charge is 0.337 e. The van der Waals surface area contributed by atoms with Crippen molar-refractivity contribution in [3.8, 4) is 0 Å². The molecule has 0 atom stereocenters. The summed E-state index contributed by atoms with van der Waals surface area (Å²) in [6.07, 6.45) is 2.58. The molecule has 17 heavy (non-hydrogen) atoms. The number of hydrogen-bond acceptors (Lipinski definition) is 4. The summed E-state index contributed by atoms with van der Waals surface area (Å²) in [5.41, 5.74) is 0.957. The Morgan fingerprint density at radius 3 is 2.88 bits per heavy atom. The Labute approximate surface area is 110 Å². The Morgan fingerprint density at radius 1 is 1.47 bits per heavy atom. The number of aromatic nitrogens is 2. The highest BCUT2D eigenvalue weighted by Gasteiger charge is 2.28. The first kappa shape index (κ1) is 12.8. The van der Waals surface area contributed by atoms with Crippen LogP contribution in [0.3, 0.4) is 0 Å². The number of carbonyl (C=O) groups excluding carboxylic acids is 1. The van der Waals surface area contributed by atoms with Crippen molar-refractivity contribution in [1.82, 2.24) is 14.5 Å². The quantitative estimate of drug-likeness (QED) is 0.832. The van der Waals surface area contributed by atoms with Crippen molar-refractivity contribution in [1.29, 1.82) is 0 Å². The standard InChI is InChI=1S/C11H16ClN3OS/c1-11(2)4-3-9(16)15(6-5-11)7-8-10(12)17-14-13-8/h3-7H2,1-2H3. The van der Waals surface area contributed by atoms with Gasteiger partial charge in [0.05, 0.1) is 6.54 Å². The van der Waals surface area contributed by atoms with E-state index in [0.29, 0.717) is 23.0 Å². The topological polar surface area (TPSA) is 46.1 Å². The van der Waals surface area contributed by atoms with Crippen LogP contribution < -0.4 is 0 Å². The molecule has 2 heterocycles. The molecule has 2 rings (SSSR count). The SMILES string of the molecule is CC1(C)CCC(=O)N(Cc2nnsc2Cl)CC1. The van der Waals surface area contributed by atoms with Crippen molar-refractivity contribution < 1.29 is 4.79 Å². The zero-order chi connectivity index (χ0) is 12.5. The highest BCUT2D eigenvalue weighted by atomic mass is 35.5.